The van der Waals surface area contributed by atoms with Gasteiger partial charge in [0.2, 0.25) is 0 Å². The Morgan fingerprint density at radius 2 is 2.25 bits per heavy atom. The topological polar surface area (TPSA) is 100 Å². The molecule has 0 saturated heterocycles. The number of rotatable bonds is 4. The molecule has 6 heteroatoms. The van der Waals surface area contributed by atoms with Crippen LogP contribution in [0.3, 0.4) is 0 Å². The fourth-order valence-electron chi connectivity index (χ4n) is 1.27. The minimum absolute atomic E-state index is 0.174. The van der Waals surface area contributed by atoms with E-state index >= 15 is 0 Å². The first-order chi connectivity index (χ1) is 7.58. The second-order valence-electron chi connectivity index (χ2n) is 3.18. The summed E-state index contributed by atoms with van der Waals surface area (Å²) in [4.78, 5) is 15.0. The molecule has 0 aliphatic heterocycles. The van der Waals surface area contributed by atoms with Gasteiger partial charge in [-0.2, -0.15) is 0 Å². The smallest absolute Gasteiger partial charge is 0.343 e. The lowest BCUT2D eigenvalue weighted by atomic mass is 10.2. The Kier molecular flexibility index (Phi) is 4.07. The number of methoxy groups -OCH3 is 1. The number of nitrogens with zero attached hydrogens (tertiary/aromatic N) is 1. The quantitative estimate of drug-likeness (QED) is 0.698. The molecule has 0 amide bonds. The molecule has 4 N–H and O–H groups in total. The third-order valence-corrected chi connectivity index (χ3v) is 2.09. The molecule has 1 aromatic heterocycles. The molecular formula is C10H15N3O3. The van der Waals surface area contributed by atoms with E-state index in [4.69, 9.17) is 16.2 Å². The Balaban J connectivity index is 2.89. The highest BCUT2D eigenvalue weighted by Gasteiger charge is 2.10. The van der Waals surface area contributed by atoms with Crippen LogP contribution in [0.4, 0.5) is 5.82 Å². The third-order valence-electron chi connectivity index (χ3n) is 2.09. The summed E-state index contributed by atoms with van der Waals surface area (Å²) in [5, 5.41) is 0. The van der Waals surface area contributed by atoms with Gasteiger partial charge < -0.3 is 20.9 Å². The molecule has 1 aromatic rings. The van der Waals surface area contributed by atoms with Crippen LogP contribution >= 0.6 is 0 Å². The van der Waals surface area contributed by atoms with Crippen molar-refractivity contribution < 1.29 is 14.3 Å². The van der Waals surface area contributed by atoms with Gasteiger partial charge >= 0.3 is 5.97 Å². The number of nitrogens with two attached hydrogens (primary N) is 2. The number of carbonyl (C=O) groups is 1. The average molecular weight is 225 g/mol. The summed E-state index contributed by atoms with van der Waals surface area (Å²) >= 11 is 0. The van der Waals surface area contributed by atoms with Crippen LogP contribution in [0.25, 0.3) is 0 Å². The standard InChI is InChI=1S/C10H15N3O3/c1-6-7(4-11)8(3-9(12)13-6)16-5-10(14)15-2/h3H,4-5,11H2,1-2H3,(H2,12,13). The molecule has 0 aliphatic rings. The van der Waals surface area contributed by atoms with Gasteiger partial charge in [0.1, 0.15) is 11.6 Å². The van der Waals surface area contributed by atoms with Crippen LogP contribution in [0, 0.1) is 6.92 Å². The number of hydrogen-bond acceptors (Lipinski definition) is 6. The zero-order chi connectivity index (χ0) is 12.1. The molecule has 0 spiro atoms. The van der Waals surface area contributed by atoms with Crippen molar-refractivity contribution in [2.24, 2.45) is 5.73 Å². The lowest BCUT2D eigenvalue weighted by Gasteiger charge is -2.12. The Bertz CT molecular complexity index is 393. The third kappa shape index (κ3) is 2.83. The fourth-order valence-corrected chi connectivity index (χ4v) is 1.27. The van der Waals surface area contributed by atoms with Gasteiger partial charge in [0, 0.05) is 23.9 Å². The van der Waals surface area contributed by atoms with Crippen LogP contribution in [0.5, 0.6) is 5.75 Å². The molecule has 1 heterocycles. The normalized spacial score (nSPS) is 9.94. The molecular weight excluding hydrogens is 210 g/mol. The number of aryl methyl sites for hydroxylation is 1. The van der Waals surface area contributed by atoms with Gasteiger partial charge in [0.15, 0.2) is 6.61 Å². The summed E-state index contributed by atoms with van der Waals surface area (Å²) in [6, 6.07) is 1.54. The molecule has 0 aliphatic carbocycles. The highest BCUT2D eigenvalue weighted by atomic mass is 16.6. The van der Waals surface area contributed by atoms with E-state index in [1.807, 2.05) is 0 Å². The SMILES string of the molecule is COC(=O)COc1cc(N)nc(C)c1CN. The summed E-state index contributed by atoms with van der Waals surface area (Å²) in [5.74, 6) is 0.337. The fraction of sp³-hybridized carbons (Fsp3) is 0.400. The van der Waals surface area contributed by atoms with Crippen molar-refractivity contribution in [2.45, 2.75) is 13.5 Å². The molecule has 0 bridgehead atoms. The van der Waals surface area contributed by atoms with Crippen molar-refractivity contribution in [1.29, 1.82) is 0 Å². The van der Waals surface area contributed by atoms with E-state index in [-0.39, 0.29) is 13.2 Å². The average Bonchev–Trinajstić information content (AvgIpc) is 2.25. The Hall–Kier alpha value is -1.82. The number of esters is 1. The van der Waals surface area contributed by atoms with Gasteiger partial charge in [-0.15, -0.1) is 0 Å². The van der Waals surface area contributed by atoms with Gasteiger partial charge in [-0.3, -0.25) is 0 Å². The molecule has 0 radical (unpaired) electrons. The highest BCUT2D eigenvalue weighted by molar-refractivity contribution is 5.71. The van der Waals surface area contributed by atoms with Gasteiger partial charge in [0.05, 0.1) is 7.11 Å². The van der Waals surface area contributed by atoms with E-state index in [2.05, 4.69) is 9.72 Å². The maximum atomic E-state index is 10.9. The van der Waals surface area contributed by atoms with Crippen molar-refractivity contribution in [3.05, 3.63) is 17.3 Å². The van der Waals surface area contributed by atoms with E-state index in [0.29, 0.717) is 17.3 Å². The number of anilines is 1. The minimum Gasteiger partial charge on any atom is -0.481 e. The molecule has 88 valence electrons. The van der Waals surface area contributed by atoms with Crippen molar-refractivity contribution in [3.8, 4) is 5.75 Å². The van der Waals surface area contributed by atoms with Gasteiger partial charge in [0.25, 0.3) is 0 Å². The summed E-state index contributed by atoms with van der Waals surface area (Å²) in [5.41, 5.74) is 12.6. The van der Waals surface area contributed by atoms with Crippen LogP contribution in [0.2, 0.25) is 0 Å². The number of carbonyl (C=O) groups excluding carboxylic acids is 1. The number of nitrogen functional groups attached to an aromatic ring is 1. The van der Waals surface area contributed by atoms with Crippen LogP contribution < -0.4 is 16.2 Å². The van der Waals surface area contributed by atoms with E-state index in [0.717, 1.165) is 5.56 Å². The number of pyridine rings is 1. The van der Waals surface area contributed by atoms with E-state index in [9.17, 15) is 4.79 Å². The number of ether oxygens (including phenoxy) is 2. The molecule has 6 nitrogen and oxygen atoms in total. The van der Waals surface area contributed by atoms with Crippen molar-refractivity contribution >= 4 is 11.8 Å². The Morgan fingerprint density at radius 1 is 1.56 bits per heavy atom. The van der Waals surface area contributed by atoms with Gasteiger partial charge in [-0.25, -0.2) is 9.78 Å². The van der Waals surface area contributed by atoms with Crippen LogP contribution in [0.1, 0.15) is 11.3 Å². The van der Waals surface area contributed by atoms with Crippen LogP contribution in [0.15, 0.2) is 6.07 Å². The zero-order valence-corrected chi connectivity index (χ0v) is 9.32. The summed E-state index contributed by atoms with van der Waals surface area (Å²) in [6.07, 6.45) is 0. The maximum absolute atomic E-state index is 10.9. The van der Waals surface area contributed by atoms with E-state index in [1.165, 1.54) is 13.2 Å². The lowest BCUT2D eigenvalue weighted by molar-refractivity contribution is -0.142. The summed E-state index contributed by atoms with van der Waals surface area (Å²) in [7, 11) is 1.29. The molecule has 16 heavy (non-hydrogen) atoms. The van der Waals surface area contributed by atoms with Crippen molar-refractivity contribution in [3.63, 3.8) is 0 Å². The van der Waals surface area contributed by atoms with Crippen molar-refractivity contribution in [1.82, 2.24) is 4.98 Å². The Labute approximate surface area is 93.5 Å². The molecule has 1 rings (SSSR count). The minimum atomic E-state index is -0.462. The van der Waals surface area contributed by atoms with Gasteiger partial charge in [-0.05, 0) is 6.92 Å². The van der Waals surface area contributed by atoms with E-state index < -0.39 is 5.97 Å². The summed E-state index contributed by atoms with van der Waals surface area (Å²) < 4.78 is 9.73. The summed E-state index contributed by atoms with van der Waals surface area (Å²) in [6.45, 7) is 1.88. The van der Waals surface area contributed by atoms with Gasteiger partial charge in [-0.1, -0.05) is 0 Å². The zero-order valence-electron chi connectivity index (χ0n) is 9.32. The first-order valence-electron chi connectivity index (χ1n) is 4.74. The van der Waals surface area contributed by atoms with E-state index in [1.54, 1.807) is 6.92 Å². The number of hydrogen-bond donors (Lipinski definition) is 2. The molecule has 0 atom stereocenters. The molecule has 0 aromatic carbocycles. The molecule has 0 unspecified atom stereocenters. The second-order valence-corrected chi connectivity index (χ2v) is 3.18. The first kappa shape index (κ1) is 12.3. The largest absolute Gasteiger partial charge is 0.481 e. The second kappa shape index (κ2) is 5.32. The lowest BCUT2D eigenvalue weighted by Crippen LogP contribution is -2.15. The van der Waals surface area contributed by atoms with Crippen molar-refractivity contribution in [2.75, 3.05) is 19.5 Å². The molecule has 0 fully saturated rings. The van der Waals surface area contributed by atoms with Crippen LogP contribution in [-0.2, 0) is 16.1 Å². The van der Waals surface area contributed by atoms with Crippen LogP contribution in [-0.4, -0.2) is 24.7 Å². The number of aromatic nitrogens is 1. The Morgan fingerprint density at radius 3 is 2.81 bits per heavy atom. The maximum Gasteiger partial charge on any atom is 0.343 e. The highest BCUT2D eigenvalue weighted by Crippen LogP contribution is 2.22. The predicted molar refractivity (Wildman–Crippen MR) is 58.8 cm³/mol. The molecule has 0 saturated carbocycles. The first-order valence-corrected chi connectivity index (χ1v) is 4.74. The predicted octanol–water partition coefficient (Wildman–Crippen LogP) is -0.0173. The monoisotopic (exact) mass is 225 g/mol.